The Morgan fingerprint density at radius 3 is 2.65 bits per heavy atom. The molecule has 0 radical (unpaired) electrons. The van der Waals surface area contributed by atoms with Crippen LogP contribution in [0.1, 0.15) is 48.8 Å². The lowest BCUT2D eigenvalue weighted by Crippen LogP contribution is -2.43. The molecule has 0 atom stereocenters. The summed E-state index contributed by atoms with van der Waals surface area (Å²) in [4.78, 5) is 11.6. The Hall–Kier alpha value is -1.57. The fraction of sp³-hybridized carbons (Fsp3) is 0.667. The van der Waals surface area contributed by atoms with Crippen LogP contribution >= 0.6 is 0 Å². The minimum Gasteiger partial charge on any atom is -0.462 e. The first-order chi connectivity index (χ1) is 9.15. The second kappa shape index (κ2) is 4.76. The molecule has 112 valence electrons. The number of nitrogens with zero attached hydrogens (tertiary/aromatic N) is 2. The van der Waals surface area contributed by atoms with E-state index in [2.05, 4.69) is 9.84 Å². The first-order valence-corrected chi connectivity index (χ1v) is 6.20. The van der Waals surface area contributed by atoms with E-state index in [1.807, 2.05) is 0 Å². The van der Waals surface area contributed by atoms with Crippen LogP contribution in [0.25, 0.3) is 0 Å². The van der Waals surface area contributed by atoms with E-state index in [0.29, 0.717) is 0 Å². The number of carbonyl (C=O) groups is 1. The highest BCUT2D eigenvalue weighted by Crippen LogP contribution is 2.44. The van der Waals surface area contributed by atoms with Crippen LogP contribution in [0.5, 0.6) is 0 Å². The fourth-order valence-corrected chi connectivity index (χ4v) is 2.41. The van der Waals surface area contributed by atoms with Crippen molar-refractivity contribution in [2.45, 2.75) is 44.5 Å². The molecule has 8 heteroatoms. The molecule has 1 fully saturated rings. The van der Waals surface area contributed by atoms with E-state index in [0.717, 1.165) is 10.9 Å². The number of hydrogen-bond donors (Lipinski definition) is 1. The summed E-state index contributed by atoms with van der Waals surface area (Å²) in [5.74, 6) is -1.04. The molecule has 1 aliphatic carbocycles. The third-order valence-corrected chi connectivity index (χ3v) is 3.26. The average molecular weight is 292 g/mol. The van der Waals surface area contributed by atoms with Gasteiger partial charge in [0, 0.05) is 0 Å². The Labute approximate surface area is 113 Å². The lowest BCUT2D eigenvalue weighted by Gasteiger charge is -2.41. The quantitative estimate of drug-likeness (QED) is 0.867. The summed E-state index contributed by atoms with van der Waals surface area (Å²) in [6.07, 6.45) is -3.51. The molecule has 1 N–H and O–H groups in total. The van der Waals surface area contributed by atoms with Crippen molar-refractivity contribution < 1.29 is 27.8 Å². The van der Waals surface area contributed by atoms with Crippen molar-refractivity contribution >= 4 is 5.97 Å². The molecule has 0 spiro atoms. The van der Waals surface area contributed by atoms with Gasteiger partial charge in [-0.25, -0.2) is 4.79 Å². The molecule has 1 aliphatic rings. The molecule has 0 bridgehead atoms. The number of hydrogen-bond acceptors (Lipinski definition) is 4. The number of rotatable bonds is 3. The van der Waals surface area contributed by atoms with E-state index in [4.69, 9.17) is 0 Å². The van der Waals surface area contributed by atoms with E-state index in [1.165, 1.54) is 6.92 Å². The number of aromatic nitrogens is 2. The van der Waals surface area contributed by atoms with Crippen molar-refractivity contribution in [2.24, 2.45) is 0 Å². The van der Waals surface area contributed by atoms with Crippen molar-refractivity contribution in [3.63, 3.8) is 0 Å². The highest BCUT2D eigenvalue weighted by Gasteiger charge is 2.47. The lowest BCUT2D eigenvalue weighted by molar-refractivity contribution is -0.149. The van der Waals surface area contributed by atoms with Crippen LogP contribution < -0.4 is 0 Å². The zero-order valence-corrected chi connectivity index (χ0v) is 11.1. The van der Waals surface area contributed by atoms with Gasteiger partial charge in [-0.1, -0.05) is 0 Å². The third kappa shape index (κ3) is 2.65. The van der Waals surface area contributed by atoms with Gasteiger partial charge in [0.1, 0.15) is 5.56 Å². The predicted octanol–water partition coefficient (Wildman–Crippen LogP) is 2.16. The molecule has 0 aromatic carbocycles. The summed E-state index contributed by atoms with van der Waals surface area (Å²) >= 11 is 0. The van der Waals surface area contributed by atoms with Gasteiger partial charge in [0.2, 0.25) is 0 Å². The summed E-state index contributed by atoms with van der Waals surface area (Å²) < 4.78 is 44.8. The highest BCUT2D eigenvalue weighted by atomic mass is 19.4. The van der Waals surface area contributed by atoms with Crippen LogP contribution in [0.4, 0.5) is 13.2 Å². The minimum absolute atomic E-state index is 0.0144. The molecule has 2 rings (SSSR count). The first kappa shape index (κ1) is 14.8. The molecule has 1 aromatic rings. The molecular formula is C12H15F3N2O3. The molecule has 1 saturated carbocycles. The molecule has 1 heterocycles. The molecule has 0 unspecified atom stereocenters. The zero-order chi connectivity index (χ0) is 15.1. The Bertz CT molecular complexity index is 515. The lowest BCUT2D eigenvalue weighted by atomic mass is 9.77. The second-order valence-corrected chi connectivity index (χ2v) is 5.13. The standard InChI is InChI=1S/C12H15F3N2O3/c1-3-20-10(18)8-6-16-17(9(8)12(13,14)15)7-4-11(2,19)5-7/h6-7,19H,3-5H2,1-2H3. The zero-order valence-electron chi connectivity index (χ0n) is 11.1. The summed E-state index contributed by atoms with van der Waals surface area (Å²) in [5.41, 5.74) is -2.69. The minimum atomic E-state index is -4.71. The van der Waals surface area contributed by atoms with Gasteiger partial charge in [0.25, 0.3) is 0 Å². The van der Waals surface area contributed by atoms with Crippen LogP contribution in [0, 0.1) is 0 Å². The van der Waals surface area contributed by atoms with Gasteiger partial charge in [-0.3, -0.25) is 4.68 Å². The number of alkyl halides is 3. The molecule has 0 aliphatic heterocycles. The van der Waals surface area contributed by atoms with Gasteiger partial charge in [0.15, 0.2) is 5.69 Å². The van der Waals surface area contributed by atoms with Gasteiger partial charge in [-0.05, 0) is 26.7 Å². The predicted molar refractivity (Wildman–Crippen MR) is 62.1 cm³/mol. The van der Waals surface area contributed by atoms with Crippen LogP contribution in [0.2, 0.25) is 0 Å². The monoisotopic (exact) mass is 292 g/mol. The van der Waals surface area contributed by atoms with Gasteiger partial charge in [-0.15, -0.1) is 0 Å². The molecular weight excluding hydrogens is 277 g/mol. The first-order valence-electron chi connectivity index (χ1n) is 6.20. The maximum atomic E-state index is 13.1. The highest BCUT2D eigenvalue weighted by molar-refractivity contribution is 5.90. The van der Waals surface area contributed by atoms with Crippen molar-refractivity contribution in [3.8, 4) is 0 Å². The maximum Gasteiger partial charge on any atom is 0.433 e. The van der Waals surface area contributed by atoms with Crippen molar-refractivity contribution in [2.75, 3.05) is 6.61 Å². The van der Waals surface area contributed by atoms with Crippen LogP contribution in [0.3, 0.4) is 0 Å². The Balaban J connectivity index is 2.37. The third-order valence-electron chi connectivity index (χ3n) is 3.26. The van der Waals surface area contributed by atoms with E-state index in [1.54, 1.807) is 6.92 Å². The van der Waals surface area contributed by atoms with E-state index >= 15 is 0 Å². The fourth-order valence-electron chi connectivity index (χ4n) is 2.41. The topological polar surface area (TPSA) is 64.3 Å². The number of aliphatic hydroxyl groups is 1. The van der Waals surface area contributed by atoms with Gasteiger partial charge >= 0.3 is 12.1 Å². The molecule has 0 saturated heterocycles. The van der Waals surface area contributed by atoms with Crippen molar-refractivity contribution in [3.05, 3.63) is 17.5 Å². The number of ether oxygens (including phenoxy) is 1. The van der Waals surface area contributed by atoms with Gasteiger partial charge in [0.05, 0.1) is 24.4 Å². The van der Waals surface area contributed by atoms with Gasteiger partial charge < -0.3 is 9.84 Å². The molecule has 0 amide bonds. The Morgan fingerprint density at radius 1 is 1.60 bits per heavy atom. The average Bonchev–Trinajstić information content (AvgIpc) is 2.69. The number of esters is 1. The molecule has 5 nitrogen and oxygen atoms in total. The number of carbonyl (C=O) groups excluding carboxylic acids is 1. The van der Waals surface area contributed by atoms with Crippen LogP contribution in [0.15, 0.2) is 6.20 Å². The van der Waals surface area contributed by atoms with Crippen LogP contribution in [-0.4, -0.2) is 33.1 Å². The SMILES string of the molecule is CCOC(=O)c1cnn(C2CC(C)(O)C2)c1C(F)(F)F. The van der Waals surface area contributed by atoms with E-state index in [9.17, 15) is 23.1 Å². The van der Waals surface area contributed by atoms with Crippen LogP contribution in [-0.2, 0) is 10.9 Å². The molecule has 1 aromatic heterocycles. The second-order valence-electron chi connectivity index (χ2n) is 5.13. The Kier molecular flexibility index (Phi) is 3.53. The molecule has 20 heavy (non-hydrogen) atoms. The smallest absolute Gasteiger partial charge is 0.433 e. The maximum absolute atomic E-state index is 13.1. The summed E-state index contributed by atoms with van der Waals surface area (Å²) in [5, 5.41) is 13.3. The normalized spacial score (nSPS) is 26.2. The van der Waals surface area contributed by atoms with E-state index < -0.39 is 35.0 Å². The number of halogens is 3. The summed E-state index contributed by atoms with van der Waals surface area (Å²) in [6, 6.07) is -0.565. The van der Waals surface area contributed by atoms with Gasteiger partial charge in [-0.2, -0.15) is 18.3 Å². The largest absolute Gasteiger partial charge is 0.462 e. The van der Waals surface area contributed by atoms with E-state index in [-0.39, 0.29) is 19.4 Å². The summed E-state index contributed by atoms with van der Waals surface area (Å²) in [6.45, 7) is 3.05. The summed E-state index contributed by atoms with van der Waals surface area (Å²) in [7, 11) is 0. The van der Waals surface area contributed by atoms with Crippen molar-refractivity contribution in [1.29, 1.82) is 0 Å². The van der Waals surface area contributed by atoms with Crippen molar-refractivity contribution in [1.82, 2.24) is 9.78 Å². The Morgan fingerprint density at radius 2 is 2.20 bits per heavy atom.